The van der Waals surface area contributed by atoms with E-state index in [4.69, 9.17) is 11.6 Å². The van der Waals surface area contributed by atoms with Gasteiger partial charge in [-0.15, -0.1) is 0 Å². The normalized spacial score (nSPS) is 18.3. The highest BCUT2D eigenvalue weighted by Crippen LogP contribution is 2.22. The van der Waals surface area contributed by atoms with E-state index in [9.17, 15) is 9.59 Å². The van der Waals surface area contributed by atoms with E-state index < -0.39 is 0 Å². The minimum absolute atomic E-state index is 0.0607. The first-order valence-electron chi connectivity index (χ1n) is 10.0. The number of nitrogens with zero attached hydrogens (tertiary/aromatic N) is 2. The first-order valence-corrected chi connectivity index (χ1v) is 10.4. The van der Waals surface area contributed by atoms with Crippen molar-refractivity contribution in [2.75, 3.05) is 19.6 Å². The van der Waals surface area contributed by atoms with Gasteiger partial charge in [-0.3, -0.25) is 14.5 Å². The fraction of sp³-hybridized carbons (Fsp3) is 0.391. The van der Waals surface area contributed by atoms with E-state index >= 15 is 0 Å². The summed E-state index contributed by atoms with van der Waals surface area (Å²) in [7, 11) is 0. The number of halogens is 1. The Morgan fingerprint density at radius 2 is 1.79 bits per heavy atom. The topological polar surface area (TPSA) is 52.7 Å². The van der Waals surface area contributed by atoms with Crippen molar-refractivity contribution in [1.82, 2.24) is 15.1 Å². The van der Waals surface area contributed by atoms with E-state index in [0.717, 1.165) is 25.2 Å². The van der Waals surface area contributed by atoms with Gasteiger partial charge in [0.25, 0.3) is 0 Å². The molecule has 0 bridgehead atoms. The first kappa shape index (κ1) is 21.3. The molecule has 1 aliphatic rings. The fourth-order valence-electron chi connectivity index (χ4n) is 3.87. The summed E-state index contributed by atoms with van der Waals surface area (Å²) in [4.78, 5) is 29.0. The maximum absolute atomic E-state index is 13.0. The molecule has 6 heteroatoms. The molecule has 0 aliphatic carbocycles. The maximum atomic E-state index is 13.0. The van der Waals surface area contributed by atoms with Crippen molar-refractivity contribution in [1.29, 1.82) is 0 Å². The number of piperazine rings is 1. The van der Waals surface area contributed by atoms with E-state index in [1.165, 1.54) is 12.5 Å². The van der Waals surface area contributed by atoms with Gasteiger partial charge in [-0.05, 0) is 30.2 Å². The van der Waals surface area contributed by atoms with Crippen molar-refractivity contribution in [3.8, 4) is 0 Å². The third kappa shape index (κ3) is 6.05. The molecule has 2 unspecified atom stereocenters. The summed E-state index contributed by atoms with van der Waals surface area (Å²) in [5, 5.41) is 3.53. The van der Waals surface area contributed by atoms with Crippen molar-refractivity contribution in [2.24, 2.45) is 0 Å². The molecular formula is C23H28ClN3O2. The molecule has 0 radical (unpaired) electrons. The molecule has 5 nitrogen and oxygen atoms in total. The number of hydrogen-bond donors (Lipinski definition) is 1. The second-order valence-electron chi connectivity index (χ2n) is 7.67. The Morgan fingerprint density at radius 3 is 2.41 bits per heavy atom. The van der Waals surface area contributed by atoms with E-state index in [2.05, 4.69) is 41.4 Å². The molecule has 154 valence electrons. The Morgan fingerprint density at radius 1 is 1.10 bits per heavy atom. The van der Waals surface area contributed by atoms with Gasteiger partial charge >= 0.3 is 0 Å². The molecule has 1 heterocycles. The molecule has 2 aromatic rings. The quantitative estimate of drug-likeness (QED) is 0.786. The van der Waals surface area contributed by atoms with E-state index in [1.807, 2.05) is 23.1 Å². The van der Waals surface area contributed by atoms with Crippen LogP contribution < -0.4 is 5.32 Å². The van der Waals surface area contributed by atoms with Gasteiger partial charge in [-0.2, -0.15) is 0 Å². The van der Waals surface area contributed by atoms with Crippen LogP contribution in [0.5, 0.6) is 0 Å². The zero-order valence-corrected chi connectivity index (χ0v) is 17.7. The van der Waals surface area contributed by atoms with Crippen molar-refractivity contribution < 1.29 is 9.59 Å². The SMILES string of the molecule is CC(=O)NC(CC(=O)N1CCN(Cc2ccccc2)CC1C)c1ccc(Cl)cc1. The zero-order chi connectivity index (χ0) is 20.8. The average Bonchev–Trinajstić information content (AvgIpc) is 2.68. The maximum Gasteiger partial charge on any atom is 0.225 e. The first-order chi connectivity index (χ1) is 13.9. The lowest BCUT2D eigenvalue weighted by atomic mass is 10.0. The monoisotopic (exact) mass is 413 g/mol. The molecule has 0 aromatic heterocycles. The van der Waals surface area contributed by atoms with Crippen LogP contribution in [0.2, 0.25) is 5.02 Å². The number of nitrogens with one attached hydrogen (secondary N) is 1. The molecule has 3 rings (SSSR count). The molecule has 2 amide bonds. The van der Waals surface area contributed by atoms with Gasteiger partial charge in [0, 0.05) is 44.2 Å². The van der Waals surface area contributed by atoms with Gasteiger partial charge in [0.05, 0.1) is 12.5 Å². The Kier molecular flexibility index (Phi) is 7.29. The van der Waals surface area contributed by atoms with E-state index in [1.54, 1.807) is 12.1 Å². The standard InChI is InChI=1S/C23H28ClN3O2/c1-17-15-26(16-19-6-4-3-5-7-19)12-13-27(17)23(29)14-22(25-18(2)28)20-8-10-21(24)11-9-20/h3-11,17,22H,12-16H2,1-2H3,(H,25,28). The second kappa shape index (κ2) is 9.90. The van der Waals surface area contributed by atoms with Crippen LogP contribution in [0.1, 0.15) is 37.4 Å². The van der Waals surface area contributed by atoms with E-state index in [-0.39, 0.29) is 30.3 Å². The van der Waals surface area contributed by atoms with Gasteiger partial charge < -0.3 is 10.2 Å². The van der Waals surface area contributed by atoms with Crippen molar-refractivity contribution in [2.45, 2.75) is 38.9 Å². The summed E-state index contributed by atoms with van der Waals surface area (Å²) in [6.07, 6.45) is 0.240. The Balaban J connectivity index is 1.61. The lowest BCUT2D eigenvalue weighted by Gasteiger charge is -2.40. The van der Waals surface area contributed by atoms with Crippen LogP contribution in [-0.4, -0.2) is 47.3 Å². The van der Waals surface area contributed by atoms with Gasteiger partial charge in [0.2, 0.25) is 11.8 Å². The number of benzene rings is 2. The molecule has 1 N–H and O–H groups in total. The van der Waals surface area contributed by atoms with Crippen molar-refractivity contribution >= 4 is 23.4 Å². The van der Waals surface area contributed by atoms with Gasteiger partial charge in [0.15, 0.2) is 0 Å². The molecule has 29 heavy (non-hydrogen) atoms. The lowest BCUT2D eigenvalue weighted by molar-refractivity contribution is -0.136. The fourth-order valence-corrected chi connectivity index (χ4v) is 4.00. The van der Waals surface area contributed by atoms with Gasteiger partial charge in [-0.1, -0.05) is 54.1 Å². The number of rotatable bonds is 6. The van der Waals surface area contributed by atoms with Crippen LogP contribution >= 0.6 is 11.6 Å². The molecule has 1 saturated heterocycles. The highest BCUT2D eigenvalue weighted by molar-refractivity contribution is 6.30. The average molecular weight is 414 g/mol. The second-order valence-corrected chi connectivity index (χ2v) is 8.10. The van der Waals surface area contributed by atoms with Crippen LogP contribution in [0.3, 0.4) is 0 Å². The summed E-state index contributed by atoms with van der Waals surface area (Å²) in [6, 6.07) is 17.4. The molecule has 0 saturated carbocycles. The van der Waals surface area contributed by atoms with E-state index in [0.29, 0.717) is 11.6 Å². The molecule has 1 aliphatic heterocycles. The Hall–Kier alpha value is -2.37. The summed E-state index contributed by atoms with van der Waals surface area (Å²) in [6.45, 7) is 6.83. The Bertz CT molecular complexity index is 826. The highest BCUT2D eigenvalue weighted by atomic mass is 35.5. The molecule has 1 fully saturated rings. The van der Waals surface area contributed by atoms with Crippen LogP contribution in [0.15, 0.2) is 54.6 Å². The molecule has 0 spiro atoms. The number of carbonyl (C=O) groups is 2. The highest BCUT2D eigenvalue weighted by Gasteiger charge is 2.29. The van der Waals surface area contributed by atoms with Crippen LogP contribution in [-0.2, 0) is 16.1 Å². The van der Waals surface area contributed by atoms with Gasteiger partial charge in [-0.25, -0.2) is 0 Å². The number of carbonyl (C=O) groups excluding carboxylic acids is 2. The molecule has 2 atom stereocenters. The van der Waals surface area contributed by atoms with Crippen LogP contribution in [0.4, 0.5) is 0 Å². The predicted molar refractivity (Wildman–Crippen MR) is 116 cm³/mol. The zero-order valence-electron chi connectivity index (χ0n) is 17.0. The largest absolute Gasteiger partial charge is 0.349 e. The number of hydrogen-bond acceptors (Lipinski definition) is 3. The third-order valence-corrected chi connectivity index (χ3v) is 5.56. The minimum atomic E-state index is -0.355. The third-order valence-electron chi connectivity index (χ3n) is 5.31. The molecular weight excluding hydrogens is 386 g/mol. The smallest absolute Gasteiger partial charge is 0.225 e. The predicted octanol–water partition coefficient (Wildman–Crippen LogP) is 3.64. The Labute approximate surface area is 177 Å². The van der Waals surface area contributed by atoms with Crippen molar-refractivity contribution in [3.05, 3.63) is 70.7 Å². The summed E-state index contributed by atoms with van der Waals surface area (Å²) in [5.41, 5.74) is 2.17. The van der Waals surface area contributed by atoms with Gasteiger partial charge in [0.1, 0.15) is 0 Å². The summed E-state index contributed by atoms with van der Waals surface area (Å²) in [5.74, 6) is -0.0935. The lowest BCUT2D eigenvalue weighted by Crippen LogP contribution is -2.54. The summed E-state index contributed by atoms with van der Waals surface area (Å²) < 4.78 is 0. The van der Waals surface area contributed by atoms with Crippen LogP contribution in [0, 0.1) is 0 Å². The minimum Gasteiger partial charge on any atom is -0.349 e. The van der Waals surface area contributed by atoms with Crippen molar-refractivity contribution in [3.63, 3.8) is 0 Å². The number of amides is 2. The molecule has 2 aromatic carbocycles. The van der Waals surface area contributed by atoms with Crippen LogP contribution in [0.25, 0.3) is 0 Å². The summed E-state index contributed by atoms with van der Waals surface area (Å²) >= 11 is 5.97.